The molecular formula is C16H20FN3O. The summed E-state index contributed by atoms with van der Waals surface area (Å²) < 4.78 is 21.2. The first kappa shape index (κ1) is 14.1. The summed E-state index contributed by atoms with van der Waals surface area (Å²) in [4.78, 5) is 0. The number of benzene rings is 1. The summed E-state index contributed by atoms with van der Waals surface area (Å²) in [6.07, 6.45) is 5.89. The largest absolute Gasteiger partial charge is 0.454 e. The Balaban J connectivity index is 1.70. The molecule has 1 aliphatic carbocycles. The van der Waals surface area contributed by atoms with Crippen molar-refractivity contribution in [2.45, 2.75) is 45.3 Å². The van der Waals surface area contributed by atoms with E-state index in [-0.39, 0.29) is 11.9 Å². The summed E-state index contributed by atoms with van der Waals surface area (Å²) in [6, 6.07) is 5.67. The summed E-state index contributed by atoms with van der Waals surface area (Å²) >= 11 is 0. The highest BCUT2D eigenvalue weighted by Crippen LogP contribution is 2.25. The third kappa shape index (κ3) is 3.82. The van der Waals surface area contributed by atoms with Crippen LogP contribution in [-0.4, -0.2) is 15.8 Å². The Hall–Kier alpha value is -1.88. The minimum absolute atomic E-state index is 0.271. The van der Waals surface area contributed by atoms with E-state index < -0.39 is 0 Å². The van der Waals surface area contributed by atoms with Gasteiger partial charge in [0.1, 0.15) is 11.6 Å². The molecule has 21 heavy (non-hydrogen) atoms. The molecule has 4 nitrogen and oxygen atoms in total. The second-order valence-corrected chi connectivity index (χ2v) is 5.80. The van der Waals surface area contributed by atoms with E-state index in [1.807, 2.05) is 30.8 Å². The van der Waals surface area contributed by atoms with Crippen LogP contribution in [0.1, 0.15) is 38.3 Å². The minimum Gasteiger partial charge on any atom is -0.454 e. The van der Waals surface area contributed by atoms with Crippen molar-refractivity contribution in [3.05, 3.63) is 42.0 Å². The molecule has 0 saturated heterocycles. The molecule has 1 fully saturated rings. The van der Waals surface area contributed by atoms with Gasteiger partial charge in [-0.2, -0.15) is 5.10 Å². The fraction of sp³-hybridized carbons (Fsp3) is 0.438. The number of aromatic nitrogens is 2. The zero-order valence-corrected chi connectivity index (χ0v) is 12.3. The lowest BCUT2D eigenvalue weighted by Gasteiger charge is -2.08. The molecule has 1 heterocycles. The molecule has 5 heteroatoms. The molecule has 2 aromatic rings. The maximum atomic E-state index is 13.7. The highest BCUT2D eigenvalue weighted by Gasteiger charge is 2.20. The summed E-state index contributed by atoms with van der Waals surface area (Å²) in [5.41, 5.74) is 0.896. The van der Waals surface area contributed by atoms with Crippen LogP contribution in [0.2, 0.25) is 0 Å². The summed E-state index contributed by atoms with van der Waals surface area (Å²) in [6.45, 7) is 4.76. The van der Waals surface area contributed by atoms with Crippen molar-refractivity contribution in [1.29, 1.82) is 0 Å². The van der Waals surface area contributed by atoms with Crippen LogP contribution < -0.4 is 10.1 Å². The fourth-order valence-corrected chi connectivity index (χ4v) is 2.12. The first-order valence-corrected chi connectivity index (χ1v) is 7.35. The van der Waals surface area contributed by atoms with Gasteiger partial charge in [-0.25, -0.2) is 4.39 Å². The SMILES string of the molecule is CC(C)n1cc(Oc2cc(F)cc(CNC3CC3)c2)cn1. The van der Waals surface area contributed by atoms with Gasteiger partial charge in [0, 0.05) is 24.7 Å². The number of ether oxygens (including phenoxy) is 1. The van der Waals surface area contributed by atoms with Gasteiger partial charge in [0.05, 0.1) is 12.4 Å². The monoisotopic (exact) mass is 289 g/mol. The van der Waals surface area contributed by atoms with Crippen molar-refractivity contribution in [2.24, 2.45) is 0 Å². The van der Waals surface area contributed by atoms with Crippen LogP contribution in [0.25, 0.3) is 0 Å². The Morgan fingerprint density at radius 3 is 2.81 bits per heavy atom. The van der Waals surface area contributed by atoms with Crippen LogP contribution in [-0.2, 0) is 6.54 Å². The van der Waals surface area contributed by atoms with Gasteiger partial charge in [-0.15, -0.1) is 0 Å². The van der Waals surface area contributed by atoms with Crippen molar-refractivity contribution in [3.8, 4) is 11.5 Å². The van der Waals surface area contributed by atoms with Crippen LogP contribution in [0.3, 0.4) is 0 Å². The summed E-state index contributed by atoms with van der Waals surface area (Å²) in [5, 5.41) is 7.58. The van der Waals surface area contributed by atoms with E-state index in [2.05, 4.69) is 10.4 Å². The van der Waals surface area contributed by atoms with Gasteiger partial charge in [0.15, 0.2) is 5.75 Å². The third-order valence-corrected chi connectivity index (χ3v) is 3.45. The molecule has 0 radical (unpaired) electrons. The molecule has 0 aliphatic heterocycles. The number of halogens is 1. The highest BCUT2D eigenvalue weighted by molar-refractivity contribution is 5.33. The standard InChI is InChI=1S/C16H20FN3O/c1-11(2)20-10-16(9-19-20)21-15-6-12(5-13(17)7-15)8-18-14-3-4-14/h5-7,9-11,14,18H,3-4,8H2,1-2H3. The van der Waals surface area contributed by atoms with Crippen molar-refractivity contribution in [1.82, 2.24) is 15.1 Å². The first-order chi connectivity index (χ1) is 10.1. The molecule has 1 aliphatic rings. The molecule has 0 amide bonds. The molecule has 1 saturated carbocycles. The van der Waals surface area contributed by atoms with Crippen LogP contribution >= 0.6 is 0 Å². The van der Waals surface area contributed by atoms with Crippen LogP contribution in [0.15, 0.2) is 30.6 Å². The topological polar surface area (TPSA) is 39.1 Å². The Kier molecular flexibility index (Phi) is 3.92. The maximum absolute atomic E-state index is 13.7. The number of nitrogens with one attached hydrogen (secondary N) is 1. The summed E-state index contributed by atoms with van der Waals surface area (Å²) in [5.74, 6) is 0.845. The van der Waals surface area contributed by atoms with E-state index in [9.17, 15) is 4.39 Å². The average Bonchev–Trinajstić information content (AvgIpc) is 3.14. The lowest BCUT2D eigenvalue weighted by Crippen LogP contribution is -2.15. The van der Waals surface area contributed by atoms with Crippen LogP contribution in [0, 0.1) is 5.82 Å². The predicted molar refractivity (Wildman–Crippen MR) is 78.9 cm³/mol. The molecule has 0 spiro atoms. The molecule has 0 atom stereocenters. The van der Waals surface area contributed by atoms with Crippen molar-refractivity contribution >= 4 is 0 Å². The van der Waals surface area contributed by atoms with E-state index in [1.165, 1.54) is 18.9 Å². The molecule has 0 bridgehead atoms. The Morgan fingerprint density at radius 2 is 2.14 bits per heavy atom. The van der Waals surface area contributed by atoms with Gasteiger partial charge >= 0.3 is 0 Å². The molecule has 0 unspecified atom stereocenters. The molecule has 1 N–H and O–H groups in total. The van der Waals surface area contributed by atoms with Crippen molar-refractivity contribution in [3.63, 3.8) is 0 Å². The van der Waals surface area contributed by atoms with E-state index in [0.29, 0.717) is 24.1 Å². The van der Waals surface area contributed by atoms with E-state index in [1.54, 1.807) is 12.3 Å². The van der Waals surface area contributed by atoms with Gasteiger partial charge < -0.3 is 10.1 Å². The Labute approximate surface area is 123 Å². The number of hydrogen-bond acceptors (Lipinski definition) is 3. The van der Waals surface area contributed by atoms with Gasteiger partial charge in [-0.05, 0) is 44.4 Å². The Bertz CT molecular complexity index is 620. The minimum atomic E-state index is -0.281. The highest BCUT2D eigenvalue weighted by atomic mass is 19.1. The molecular weight excluding hydrogens is 269 g/mol. The average molecular weight is 289 g/mol. The third-order valence-electron chi connectivity index (χ3n) is 3.45. The van der Waals surface area contributed by atoms with Gasteiger partial charge in [0.25, 0.3) is 0 Å². The predicted octanol–water partition coefficient (Wildman–Crippen LogP) is 3.65. The number of rotatable bonds is 6. The smallest absolute Gasteiger partial charge is 0.165 e. The first-order valence-electron chi connectivity index (χ1n) is 7.35. The van der Waals surface area contributed by atoms with Gasteiger partial charge in [0.2, 0.25) is 0 Å². The van der Waals surface area contributed by atoms with Gasteiger partial charge in [-0.3, -0.25) is 4.68 Å². The fourth-order valence-electron chi connectivity index (χ4n) is 2.12. The molecule has 3 rings (SSSR count). The summed E-state index contributed by atoms with van der Waals surface area (Å²) in [7, 11) is 0. The normalized spacial score (nSPS) is 14.7. The zero-order chi connectivity index (χ0) is 14.8. The van der Waals surface area contributed by atoms with Crippen LogP contribution in [0.5, 0.6) is 11.5 Å². The maximum Gasteiger partial charge on any atom is 0.165 e. The van der Waals surface area contributed by atoms with E-state index in [4.69, 9.17) is 4.74 Å². The van der Waals surface area contributed by atoms with E-state index >= 15 is 0 Å². The molecule has 1 aromatic heterocycles. The lowest BCUT2D eigenvalue weighted by molar-refractivity contribution is 0.470. The molecule has 1 aromatic carbocycles. The lowest BCUT2D eigenvalue weighted by atomic mass is 10.2. The number of hydrogen-bond donors (Lipinski definition) is 1. The number of nitrogens with zero attached hydrogens (tertiary/aromatic N) is 2. The quantitative estimate of drug-likeness (QED) is 0.882. The van der Waals surface area contributed by atoms with Gasteiger partial charge in [-0.1, -0.05) is 0 Å². The van der Waals surface area contributed by atoms with Crippen LogP contribution in [0.4, 0.5) is 4.39 Å². The van der Waals surface area contributed by atoms with Crippen molar-refractivity contribution in [2.75, 3.05) is 0 Å². The Morgan fingerprint density at radius 1 is 1.33 bits per heavy atom. The van der Waals surface area contributed by atoms with Crippen molar-refractivity contribution < 1.29 is 9.13 Å². The zero-order valence-electron chi connectivity index (χ0n) is 12.3. The second-order valence-electron chi connectivity index (χ2n) is 5.80. The molecule has 112 valence electrons. The van der Waals surface area contributed by atoms with E-state index in [0.717, 1.165) is 5.56 Å². The second kappa shape index (κ2) is 5.85.